The Bertz CT molecular complexity index is 1030. The number of para-hydroxylation sites is 1. The van der Waals surface area contributed by atoms with Gasteiger partial charge in [0.05, 0.1) is 31.0 Å². The molecule has 7 nitrogen and oxygen atoms in total. The number of halogens is 1. The molecule has 3 rings (SSSR count). The highest BCUT2D eigenvalue weighted by atomic mass is 19.1. The SMILES string of the molecule is COCCN(Cc1c(-c2ccccc2)nn(C)c1Oc1ccccc1F)C[C@H](O)COC(C)C. The molecular weight excluding hydrogens is 437 g/mol. The van der Waals surface area contributed by atoms with Crippen LogP contribution in [0.4, 0.5) is 4.39 Å². The average molecular weight is 472 g/mol. The summed E-state index contributed by atoms with van der Waals surface area (Å²) < 4.78 is 32.9. The van der Waals surface area contributed by atoms with Crippen molar-refractivity contribution in [2.45, 2.75) is 32.6 Å². The second kappa shape index (κ2) is 12.6. The van der Waals surface area contributed by atoms with Gasteiger partial charge in [0.2, 0.25) is 5.88 Å². The van der Waals surface area contributed by atoms with Crippen molar-refractivity contribution >= 4 is 0 Å². The fourth-order valence-corrected chi connectivity index (χ4v) is 3.62. The second-order valence-electron chi connectivity index (χ2n) is 8.42. The predicted molar refractivity (Wildman–Crippen MR) is 129 cm³/mol. The summed E-state index contributed by atoms with van der Waals surface area (Å²) in [7, 11) is 3.42. The zero-order valence-electron chi connectivity index (χ0n) is 20.3. The summed E-state index contributed by atoms with van der Waals surface area (Å²) in [5.41, 5.74) is 2.46. The lowest BCUT2D eigenvalue weighted by Crippen LogP contribution is -2.37. The van der Waals surface area contributed by atoms with Crippen LogP contribution in [0.25, 0.3) is 11.3 Å². The largest absolute Gasteiger partial charge is 0.436 e. The first kappa shape index (κ1) is 25.8. The molecule has 0 radical (unpaired) electrons. The lowest BCUT2D eigenvalue weighted by atomic mass is 10.1. The van der Waals surface area contributed by atoms with Crippen molar-refractivity contribution < 1.29 is 23.7 Å². The predicted octanol–water partition coefficient (Wildman–Crippen LogP) is 4.25. The first-order valence-electron chi connectivity index (χ1n) is 11.4. The summed E-state index contributed by atoms with van der Waals surface area (Å²) in [5.74, 6) is 0.118. The standard InChI is InChI=1S/C26H34FN3O4/c1-19(2)33-18-21(31)16-30(14-15-32-4)17-22-25(20-10-6-5-7-11-20)28-29(3)26(22)34-24-13-9-8-12-23(24)27/h5-13,19,21,31H,14-18H2,1-4H3/t21-/m0/s1. The number of aromatic nitrogens is 2. The van der Waals surface area contributed by atoms with E-state index in [1.807, 2.05) is 44.2 Å². The van der Waals surface area contributed by atoms with Crippen LogP contribution in [0.15, 0.2) is 54.6 Å². The third kappa shape index (κ3) is 7.11. The van der Waals surface area contributed by atoms with Crippen molar-refractivity contribution in [2.75, 3.05) is 33.4 Å². The van der Waals surface area contributed by atoms with Gasteiger partial charge in [0.25, 0.3) is 0 Å². The quantitative estimate of drug-likeness (QED) is 0.402. The zero-order valence-corrected chi connectivity index (χ0v) is 20.3. The van der Waals surface area contributed by atoms with Crippen LogP contribution in [0, 0.1) is 5.82 Å². The van der Waals surface area contributed by atoms with Crippen LogP contribution in [0.3, 0.4) is 0 Å². The van der Waals surface area contributed by atoms with E-state index in [0.717, 1.165) is 16.8 Å². The summed E-state index contributed by atoms with van der Waals surface area (Å²) in [6.45, 7) is 5.97. The van der Waals surface area contributed by atoms with E-state index in [1.54, 1.807) is 37.0 Å². The van der Waals surface area contributed by atoms with Crippen LogP contribution in [0.1, 0.15) is 19.4 Å². The molecule has 1 N–H and O–H groups in total. The Labute approximate surface area is 200 Å². The number of hydrogen-bond donors (Lipinski definition) is 1. The highest BCUT2D eigenvalue weighted by Gasteiger charge is 2.24. The number of hydrogen-bond acceptors (Lipinski definition) is 6. The number of rotatable bonds is 13. The molecule has 34 heavy (non-hydrogen) atoms. The van der Waals surface area contributed by atoms with E-state index in [4.69, 9.17) is 19.3 Å². The number of nitrogens with zero attached hydrogens (tertiary/aromatic N) is 3. The molecule has 1 heterocycles. The number of aliphatic hydroxyl groups excluding tert-OH is 1. The molecule has 0 aliphatic rings. The lowest BCUT2D eigenvalue weighted by molar-refractivity contribution is -0.0121. The second-order valence-corrected chi connectivity index (χ2v) is 8.42. The van der Waals surface area contributed by atoms with Gasteiger partial charge < -0.3 is 19.3 Å². The monoisotopic (exact) mass is 471 g/mol. The summed E-state index contributed by atoms with van der Waals surface area (Å²) in [6.07, 6.45) is -0.641. The molecule has 8 heteroatoms. The molecule has 3 aromatic rings. The normalized spacial score (nSPS) is 12.5. The van der Waals surface area contributed by atoms with Crippen LogP contribution in [0.2, 0.25) is 0 Å². The Morgan fingerprint density at radius 2 is 1.79 bits per heavy atom. The lowest BCUT2D eigenvalue weighted by Gasteiger charge is -2.25. The Hall–Kier alpha value is -2.78. The van der Waals surface area contributed by atoms with Crippen molar-refractivity contribution in [3.05, 3.63) is 66.0 Å². The van der Waals surface area contributed by atoms with Crippen molar-refractivity contribution in [2.24, 2.45) is 7.05 Å². The summed E-state index contributed by atoms with van der Waals surface area (Å²) in [5, 5.41) is 15.3. The number of methoxy groups -OCH3 is 1. The summed E-state index contributed by atoms with van der Waals surface area (Å²) in [6, 6.07) is 16.1. The molecule has 0 bridgehead atoms. The molecular formula is C26H34FN3O4. The van der Waals surface area contributed by atoms with Crippen molar-refractivity contribution in [1.29, 1.82) is 0 Å². The first-order chi connectivity index (χ1) is 16.4. The molecule has 0 amide bonds. The maximum absolute atomic E-state index is 14.4. The topological polar surface area (TPSA) is 69.0 Å². The minimum absolute atomic E-state index is 0.0332. The molecule has 1 atom stereocenters. The molecule has 0 aliphatic carbocycles. The van der Waals surface area contributed by atoms with E-state index in [1.165, 1.54) is 6.07 Å². The van der Waals surface area contributed by atoms with E-state index >= 15 is 0 Å². The van der Waals surface area contributed by atoms with Crippen molar-refractivity contribution in [3.63, 3.8) is 0 Å². The summed E-state index contributed by atoms with van der Waals surface area (Å²) in [4.78, 5) is 2.06. The van der Waals surface area contributed by atoms with Gasteiger partial charge in [-0.15, -0.1) is 0 Å². The van der Waals surface area contributed by atoms with Crippen LogP contribution >= 0.6 is 0 Å². The Kier molecular flexibility index (Phi) is 9.59. The van der Waals surface area contributed by atoms with E-state index < -0.39 is 11.9 Å². The first-order valence-corrected chi connectivity index (χ1v) is 11.4. The maximum atomic E-state index is 14.4. The smallest absolute Gasteiger partial charge is 0.222 e. The van der Waals surface area contributed by atoms with Gasteiger partial charge in [0, 0.05) is 39.4 Å². The molecule has 184 valence electrons. The molecule has 0 aliphatic heterocycles. The zero-order chi connectivity index (χ0) is 24.5. The van der Waals surface area contributed by atoms with Gasteiger partial charge >= 0.3 is 0 Å². The van der Waals surface area contributed by atoms with E-state index in [0.29, 0.717) is 32.1 Å². The Morgan fingerprint density at radius 1 is 1.09 bits per heavy atom. The van der Waals surface area contributed by atoms with Crippen LogP contribution in [-0.2, 0) is 23.1 Å². The molecule has 0 saturated heterocycles. The van der Waals surface area contributed by atoms with Gasteiger partial charge in [-0.1, -0.05) is 42.5 Å². The van der Waals surface area contributed by atoms with E-state index in [9.17, 15) is 9.50 Å². The van der Waals surface area contributed by atoms with Crippen LogP contribution in [0.5, 0.6) is 11.6 Å². The molecule has 0 unspecified atom stereocenters. The van der Waals surface area contributed by atoms with Gasteiger partial charge in [-0.2, -0.15) is 5.10 Å². The number of aryl methyl sites for hydroxylation is 1. The van der Waals surface area contributed by atoms with Gasteiger partial charge in [0.15, 0.2) is 11.6 Å². The maximum Gasteiger partial charge on any atom is 0.222 e. The van der Waals surface area contributed by atoms with Gasteiger partial charge in [0.1, 0.15) is 5.69 Å². The summed E-state index contributed by atoms with van der Waals surface area (Å²) >= 11 is 0. The fourth-order valence-electron chi connectivity index (χ4n) is 3.62. The Morgan fingerprint density at radius 3 is 2.47 bits per heavy atom. The molecule has 0 saturated carbocycles. The third-order valence-electron chi connectivity index (χ3n) is 5.26. The number of benzene rings is 2. The third-order valence-corrected chi connectivity index (χ3v) is 5.26. The highest BCUT2D eigenvalue weighted by molar-refractivity contribution is 5.65. The van der Waals surface area contributed by atoms with Crippen LogP contribution < -0.4 is 4.74 Å². The number of ether oxygens (including phenoxy) is 3. The molecule has 2 aromatic carbocycles. The Balaban J connectivity index is 1.95. The van der Waals surface area contributed by atoms with E-state index in [2.05, 4.69) is 4.90 Å². The van der Waals surface area contributed by atoms with E-state index in [-0.39, 0.29) is 18.5 Å². The van der Waals surface area contributed by atoms with Gasteiger partial charge in [-0.25, -0.2) is 9.07 Å². The van der Waals surface area contributed by atoms with Gasteiger partial charge in [-0.3, -0.25) is 4.90 Å². The molecule has 1 aromatic heterocycles. The van der Waals surface area contributed by atoms with Crippen LogP contribution in [-0.4, -0.2) is 65.4 Å². The number of aliphatic hydroxyl groups is 1. The highest BCUT2D eigenvalue weighted by Crippen LogP contribution is 2.34. The molecule has 0 spiro atoms. The van der Waals surface area contributed by atoms with Crippen molar-refractivity contribution in [3.8, 4) is 22.9 Å². The minimum atomic E-state index is -0.674. The minimum Gasteiger partial charge on any atom is -0.436 e. The molecule has 0 fully saturated rings. The fraction of sp³-hybridized carbons (Fsp3) is 0.423. The van der Waals surface area contributed by atoms with Crippen molar-refractivity contribution in [1.82, 2.24) is 14.7 Å². The average Bonchev–Trinajstić information content (AvgIpc) is 3.13. The van der Waals surface area contributed by atoms with Gasteiger partial charge in [-0.05, 0) is 26.0 Å².